The van der Waals surface area contributed by atoms with Crippen LogP contribution in [-0.2, 0) is 6.42 Å². The quantitative estimate of drug-likeness (QED) is 0.791. The van der Waals surface area contributed by atoms with Gasteiger partial charge in [-0.25, -0.2) is 4.98 Å². The molecule has 2 heterocycles. The number of fused-ring (bicyclic) bond motifs is 1. The normalized spacial score (nSPS) is 23.8. The minimum absolute atomic E-state index is 0.458. The highest BCUT2D eigenvalue weighted by Gasteiger charge is 2.27. The molecule has 1 aromatic carbocycles. The summed E-state index contributed by atoms with van der Waals surface area (Å²) < 4.78 is 2.35. The molecule has 2 unspecified atom stereocenters. The van der Waals surface area contributed by atoms with Crippen LogP contribution in [0, 0.1) is 0 Å². The van der Waals surface area contributed by atoms with E-state index in [-0.39, 0.29) is 0 Å². The molecule has 0 saturated carbocycles. The van der Waals surface area contributed by atoms with E-state index in [0.29, 0.717) is 18.0 Å². The van der Waals surface area contributed by atoms with Gasteiger partial charge >= 0.3 is 0 Å². The third-order valence-electron chi connectivity index (χ3n) is 4.60. The lowest BCUT2D eigenvalue weighted by Crippen LogP contribution is -2.38. The highest BCUT2D eigenvalue weighted by molar-refractivity contribution is 6.35. The molecule has 5 heteroatoms. The molecule has 114 valence electrons. The molecule has 1 saturated heterocycles. The molecule has 3 rings (SSSR count). The largest absolute Gasteiger partial charge is 0.323 e. The minimum atomic E-state index is 0.458. The molecule has 0 radical (unpaired) electrons. The molecule has 1 aromatic heterocycles. The molecule has 0 aliphatic carbocycles. The van der Waals surface area contributed by atoms with Gasteiger partial charge in [-0.2, -0.15) is 0 Å². The first-order valence-electron chi connectivity index (χ1n) is 7.53. The molecule has 2 aromatic rings. The summed E-state index contributed by atoms with van der Waals surface area (Å²) in [6.45, 7) is 3.39. The van der Waals surface area contributed by atoms with Gasteiger partial charge in [-0.3, -0.25) is 0 Å². The number of para-hydroxylation sites is 1. The van der Waals surface area contributed by atoms with Gasteiger partial charge in [0.15, 0.2) is 0 Å². The molecular formula is C16H21Cl2N3. The van der Waals surface area contributed by atoms with Crippen molar-refractivity contribution in [3.63, 3.8) is 0 Å². The molecule has 3 nitrogen and oxygen atoms in total. The van der Waals surface area contributed by atoms with Crippen molar-refractivity contribution < 1.29 is 0 Å². The molecule has 1 aliphatic heterocycles. The van der Waals surface area contributed by atoms with Gasteiger partial charge in [0.2, 0.25) is 0 Å². The second-order valence-electron chi connectivity index (χ2n) is 5.95. The smallest absolute Gasteiger partial charge is 0.111 e. The van der Waals surface area contributed by atoms with Gasteiger partial charge in [0, 0.05) is 30.9 Å². The van der Waals surface area contributed by atoms with Crippen LogP contribution in [0.1, 0.15) is 31.6 Å². The molecular weight excluding hydrogens is 305 g/mol. The lowest BCUT2D eigenvalue weighted by atomic mass is 9.98. The number of piperidine rings is 1. The van der Waals surface area contributed by atoms with E-state index in [2.05, 4.69) is 23.4 Å². The molecule has 1 fully saturated rings. The number of rotatable bonds is 3. The Morgan fingerprint density at radius 3 is 2.90 bits per heavy atom. The molecule has 21 heavy (non-hydrogen) atoms. The third-order valence-corrected chi connectivity index (χ3v) is 5.09. The molecule has 2 atom stereocenters. The van der Waals surface area contributed by atoms with Crippen molar-refractivity contribution >= 4 is 34.2 Å². The van der Waals surface area contributed by atoms with E-state index < -0.39 is 0 Å². The van der Waals surface area contributed by atoms with Crippen LogP contribution >= 0.6 is 23.2 Å². The van der Waals surface area contributed by atoms with E-state index in [1.54, 1.807) is 0 Å². The lowest BCUT2D eigenvalue weighted by molar-refractivity contribution is 0.157. The number of halogens is 2. The van der Waals surface area contributed by atoms with Crippen molar-refractivity contribution in [3.8, 4) is 0 Å². The number of hydrogen-bond acceptors (Lipinski definition) is 2. The maximum absolute atomic E-state index is 6.46. The molecule has 0 N–H and O–H groups in total. The zero-order valence-electron chi connectivity index (χ0n) is 12.5. The highest BCUT2D eigenvalue weighted by atomic mass is 35.5. The number of likely N-dealkylation sites (tertiary alicyclic amines) is 1. The van der Waals surface area contributed by atoms with Crippen molar-refractivity contribution in [2.75, 3.05) is 19.5 Å². The fraction of sp³-hybridized carbons (Fsp3) is 0.562. The van der Waals surface area contributed by atoms with Crippen molar-refractivity contribution in [3.05, 3.63) is 29.0 Å². The lowest BCUT2D eigenvalue weighted by Gasteiger charge is -2.36. The molecule has 0 bridgehead atoms. The number of hydrogen-bond donors (Lipinski definition) is 0. The second kappa shape index (κ2) is 6.15. The van der Waals surface area contributed by atoms with E-state index >= 15 is 0 Å². The zero-order chi connectivity index (χ0) is 15.0. The van der Waals surface area contributed by atoms with Crippen LogP contribution in [0.15, 0.2) is 18.2 Å². The predicted molar refractivity (Wildman–Crippen MR) is 89.5 cm³/mol. The maximum Gasteiger partial charge on any atom is 0.111 e. The van der Waals surface area contributed by atoms with E-state index in [0.717, 1.165) is 47.7 Å². The Kier molecular flexibility index (Phi) is 4.43. The van der Waals surface area contributed by atoms with Crippen LogP contribution in [0.2, 0.25) is 5.02 Å². The Hall–Kier alpha value is -0.770. The number of imidazole rings is 1. The van der Waals surface area contributed by atoms with Crippen LogP contribution in [0.4, 0.5) is 0 Å². The van der Waals surface area contributed by atoms with Crippen LogP contribution in [-0.4, -0.2) is 40.0 Å². The van der Waals surface area contributed by atoms with Crippen molar-refractivity contribution in [1.82, 2.24) is 14.5 Å². The Labute approximate surface area is 135 Å². The number of aromatic nitrogens is 2. The number of benzene rings is 1. The number of aryl methyl sites for hydroxylation is 1. The summed E-state index contributed by atoms with van der Waals surface area (Å²) in [6.07, 6.45) is 3.04. The third kappa shape index (κ3) is 2.79. The van der Waals surface area contributed by atoms with Crippen molar-refractivity contribution in [1.29, 1.82) is 0 Å². The van der Waals surface area contributed by atoms with E-state index in [4.69, 9.17) is 28.2 Å². The summed E-state index contributed by atoms with van der Waals surface area (Å²) in [4.78, 5) is 7.18. The highest BCUT2D eigenvalue weighted by Crippen LogP contribution is 2.34. The minimum Gasteiger partial charge on any atom is -0.323 e. The Morgan fingerprint density at radius 2 is 2.19 bits per heavy atom. The first-order valence-corrected chi connectivity index (χ1v) is 8.44. The summed E-state index contributed by atoms with van der Waals surface area (Å²) in [5.41, 5.74) is 2.05. The Balaban J connectivity index is 2.08. The van der Waals surface area contributed by atoms with Crippen LogP contribution in [0.3, 0.4) is 0 Å². The Morgan fingerprint density at radius 1 is 1.38 bits per heavy atom. The molecule has 1 aliphatic rings. The maximum atomic E-state index is 6.46. The van der Waals surface area contributed by atoms with Crippen molar-refractivity contribution in [2.45, 2.75) is 38.3 Å². The first kappa shape index (κ1) is 15.1. The fourth-order valence-electron chi connectivity index (χ4n) is 3.31. The Bertz CT molecular complexity index is 638. The summed E-state index contributed by atoms with van der Waals surface area (Å²) in [5, 5.41) is 0.785. The zero-order valence-corrected chi connectivity index (χ0v) is 14.0. The SMILES string of the molecule is CC1CC(n2c(CCCl)nc3cccc(Cl)c32)CCN1C. The predicted octanol–water partition coefficient (Wildman–Crippen LogP) is 4.13. The van der Waals surface area contributed by atoms with E-state index in [1.807, 2.05) is 18.2 Å². The average Bonchev–Trinajstić information content (AvgIpc) is 2.82. The van der Waals surface area contributed by atoms with Crippen LogP contribution < -0.4 is 0 Å². The number of nitrogens with zero attached hydrogens (tertiary/aromatic N) is 3. The topological polar surface area (TPSA) is 21.1 Å². The van der Waals surface area contributed by atoms with Gasteiger partial charge in [0.25, 0.3) is 0 Å². The standard InChI is InChI=1S/C16H21Cl2N3/c1-11-10-12(7-9-20(11)2)21-15(6-8-17)19-14-5-3-4-13(18)16(14)21/h3-5,11-12H,6-10H2,1-2H3. The monoisotopic (exact) mass is 325 g/mol. The van der Waals surface area contributed by atoms with Crippen molar-refractivity contribution in [2.24, 2.45) is 0 Å². The fourth-order valence-corrected chi connectivity index (χ4v) is 3.74. The summed E-state index contributed by atoms with van der Waals surface area (Å²) in [5.74, 6) is 1.65. The molecule has 0 amide bonds. The van der Waals surface area contributed by atoms with Gasteiger partial charge in [-0.05, 0) is 38.9 Å². The molecule has 0 spiro atoms. The summed E-state index contributed by atoms with van der Waals surface area (Å²) in [6, 6.07) is 6.98. The van der Waals surface area contributed by atoms with Gasteiger partial charge < -0.3 is 9.47 Å². The average molecular weight is 326 g/mol. The summed E-state index contributed by atoms with van der Waals surface area (Å²) >= 11 is 12.4. The van der Waals surface area contributed by atoms with Gasteiger partial charge in [0.1, 0.15) is 5.82 Å². The van der Waals surface area contributed by atoms with Gasteiger partial charge in [-0.15, -0.1) is 11.6 Å². The van der Waals surface area contributed by atoms with Gasteiger partial charge in [0.05, 0.1) is 16.1 Å². The van der Waals surface area contributed by atoms with Gasteiger partial charge in [-0.1, -0.05) is 17.7 Å². The first-order chi connectivity index (χ1) is 10.1. The van der Waals surface area contributed by atoms with Crippen LogP contribution in [0.5, 0.6) is 0 Å². The van der Waals surface area contributed by atoms with Crippen LogP contribution in [0.25, 0.3) is 11.0 Å². The second-order valence-corrected chi connectivity index (χ2v) is 6.74. The van der Waals surface area contributed by atoms with E-state index in [9.17, 15) is 0 Å². The van der Waals surface area contributed by atoms with E-state index in [1.165, 1.54) is 0 Å². The summed E-state index contributed by atoms with van der Waals surface area (Å²) in [7, 11) is 2.19. The number of alkyl halides is 1.